The Morgan fingerprint density at radius 1 is 1.43 bits per heavy atom. The van der Waals surface area contributed by atoms with E-state index in [9.17, 15) is 4.79 Å². The van der Waals surface area contributed by atoms with Crippen LogP contribution < -0.4 is 15.4 Å². The number of amides is 1. The second-order valence-electron chi connectivity index (χ2n) is 4.53. The van der Waals surface area contributed by atoms with E-state index in [1.807, 2.05) is 0 Å². The fraction of sp³-hybridized carbons (Fsp3) is 0.286. The van der Waals surface area contributed by atoms with Crippen molar-refractivity contribution in [3.05, 3.63) is 35.0 Å². The first-order valence-electron chi connectivity index (χ1n) is 6.34. The average molecular weight is 310 g/mol. The average Bonchev–Trinajstić information content (AvgIpc) is 2.84. The predicted octanol–water partition coefficient (Wildman–Crippen LogP) is 3.08. The van der Waals surface area contributed by atoms with Gasteiger partial charge in [-0.05, 0) is 32.0 Å². The van der Waals surface area contributed by atoms with Crippen molar-refractivity contribution in [2.75, 3.05) is 17.7 Å². The van der Waals surface area contributed by atoms with E-state index in [0.717, 1.165) is 5.69 Å². The first kappa shape index (κ1) is 15.2. The van der Waals surface area contributed by atoms with Crippen molar-refractivity contribution in [2.45, 2.75) is 19.9 Å². The molecule has 2 rings (SSSR count). The number of carbonyl (C=O) groups is 1. The molecule has 6 nitrogen and oxygen atoms in total. The molecule has 7 heteroatoms. The fourth-order valence-electron chi connectivity index (χ4n) is 1.73. The summed E-state index contributed by atoms with van der Waals surface area (Å²) in [5.41, 5.74) is 0.722. The van der Waals surface area contributed by atoms with Crippen LogP contribution in [0.15, 0.2) is 28.8 Å². The third kappa shape index (κ3) is 3.88. The summed E-state index contributed by atoms with van der Waals surface area (Å²) in [5.74, 6) is 1.37. The molecule has 0 unspecified atom stereocenters. The van der Waals surface area contributed by atoms with Crippen LogP contribution in [-0.2, 0) is 4.79 Å². The van der Waals surface area contributed by atoms with E-state index < -0.39 is 6.04 Å². The van der Waals surface area contributed by atoms with Gasteiger partial charge in [-0.3, -0.25) is 4.79 Å². The van der Waals surface area contributed by atoms with E-state index >= 15 is 0 Å². The van der Waals surface area contributed by atoms with Gasteiger partial charge >= 0.3 is 0 Å². The van der Waals surface area contributed by atoms with Gasteiger partial charge in [0, 0.05) is 11.8 Å². The van der Waals surface area contributed by atoms with Crippen molar-refractivity contribution in [1.29, 1.82) is 0 Å². The lowest BCUT2D eigenvalue weighted by Crippen LogP contribution is -2.31. The van der Waals surface area contributed by atoms with E-state index in [1.165, 1.54) is 0 Å². The third-order valence-corrected chi connectivity index (χ3v) is 3.10. The summed E-state index contributed by atoms with van der Waals surface area (Å²) in [6, 6.07) is 6.40. The molecule has 1 amide bonds. The number of ether oxygens (including phenoxy) is 1. The molecule has 0 aliphatic carbocycles. The smallest absolute Gasteiger partial charge is 0.247 e. The lowest BCUT2D eigenvalue weighted by Gasteiger charge is -2.15. The zero-order chi connectivity index (χ0) is 15.4. The number of benzene rings is 1. The highest BCUT2D eigenvalue weighted by Crippen LogP contribution is 2.27. The number of hydrogen-bond acceptors (Lipinski definition) is 5. The summed E-state index contributed by atoms with van der Waals surface area (Å²) in [7, 11) is 1.55. The Hall–Kier alpha value is -2.21. The van der Waals surface area contributed by atoms with Crippen LogP contribution in [-0.4, -0.2) is 24.2 Å². The molecule has 0 bridgehead atoms. The van der Waals surface area contributed by atoms with Crippen LogP contribution in [0, 0.1) is 6.92 Å². The second kappa shape index (κ2) is 6.49. The van der Waals surface area contributed by atoms with Gasteiger partial charge in [0.1, 0.15) is 17.6 Å². The first-order chi connectivity index (χ1) is 9.99. The van der Waals surface area contributed by atoms with Crippen molar-refractivity contribution in [1.82, 2.24) is 5.16 Å². The Morgan fingerprint density at radius 2 is 2.19 bits per heavy atom. The molecule has 1 aromatic heterocycles. The van der Waals surface area contributed by atoms with Crippen LogP contribution in [0.25, 0.3) is 0 Å². The van der Waals surface area contributed by atoms with Gasteiger partial charge in [-0.2, -0.15) is 0 Å². The van der Waals surface area contributed by atoms with Crippen molar-refractivity contribution in [3.8, 4) is 5.75 Å². The normalized spacial score (nSPS) is 11.8. The maximum atomic E-state index is 12.0. The topological polar surface area (TPSA) is 76.4 Å². The van der Waals surface area contributed by atoms with Gasteiger partial charge in [0.2, 0.25) is 5.91 Å². The van der Waals surface area contributed by atoms with Crippen molar-refractivity contribution in [3.63, 3.8) is 0 Å². The molecule has 1 aromatic carbocycles. The number of rotatable bonds is 5. The molecule has 0 saturated carbocycles. The van der Waals surface area contributed by atoms with Gasteiger partial charge in [0.05, 0.1) is 12.1 Å². The summed E-state index contributed by atoms with van der Waals surface area (Å²) in [4.78, 5) is 12.0. The largest absolute Gasteiger partial charge is 0.495 e. The molecule has 21 heavy (non-hydrogen) atoms. The zero-order valence-corrected chi connectivity index (χ0v) is 12.7. The van der Waals surface area contributed by atoms with Crippen LogP contribution >= 0.6 is 11.6 Å². The molecular weight excluding hydrogens is 294 g/mol. The SMILES string of the molecule is COc1ccc(N[C@@H](C)C(=O)Nc2cc(C)on2)cc1Cl. The number of methoxy groups -OCH3 is 1. The minimum atomic E-state index is -0.466. The Balaban J connectivity index is 1.98. The molecule has 112 valence electrons. The molecule has 0 aliphatic rings. The number of aryl methyl sites for hydroxylation is 1. The Labute approximate surface area is 127 Å². The lowest BCUT2D eigenvalue weighted by molar-refractivity contribution is -0.116. The number of carbonyl (C=O) groups excluding carboxylic acids is 1. The molecule has 2 aromatic rings. The van der Waals surface area contributed by atoms with Crippen molar-refractivity contribution in [2.24, 2.45) is 0 Å². The monoisotopic (exact) mass is 309 g/mol. The summed E-state index contributed by atoms with van der Waals surface area (Å²) in [5, 5.41) is 9.89. The highest BCUT2D eigenvalue weighted by molar-refractivity contribution is 6.32. The molecule has 1 atom stereocenters. The van der Waals surface area contributed by atoms with Crippen LogP contribution in [0.1, 0.15) is 12.7 Å². The highest BCUT2D eigenvalue weighted by Gasteiger charge is 2.15. The number of nitrogens with one attached hydrogen (secondary N) is 2. The number of halogens is 1. The predicted molar refractivity (Wildman–Crippen MR) is 81.0 cm³/mol. The van der Waals surface area contributed by atoms with Gasteiger partial charge in [0.25, 0.3) is 0 Å². The quantitative estimate of drug-likeness (QED) is 0.887. The Bertz CT molecular complexity index is 642. The first-order valence-corrected chi connectivity index (χ1v) is 6.71. The third-order valence-electron chi connectivity index (χ3n) is 2.81. The van der Waals surface area contributed by atoms with Crippen LogP contribution in [0.5, 0.6) is 5.75 Å². The molecule has 0 aliphatic heterocycles. The van der Waals surface area contributed by atoms with E-state index in [1.54, 1.807) is 45.2 Å². The van der Waals surface area contributed by atoms with Crippen LogP contribution in [0.3, 0.4) is 0 Å². The molecular formula is C14H16ClN3O3. The molecule has 0 saturated heterocycles. The van der Waals surface area contributed by atoms with E-state index in [-0.39, 0.29) is 5.91 Å². The van der Waals surface area contributed by atoms with Crippen molar-refractivity contribution < 1.29 is 14.1 Å². The van der Waals surface area contributed by atoms with Crippen LogP contribution in [0.2, 0.25) is 5.02 Å². The summed E-state index contributed by atoms with van der Waals surface area (Å²) >= 11 is 6.04. The lowest BCUT2D eigenvalue weighted by atomic mass is 10.2. The van der Waals surface area contributed by atoms with Gasteiger partial charge in [-0.1, -0.05) is 16.8 Å². The van der Waals surface area contributed by atoms with Crippen molar-refractivity contribution >= 4 is 29.0 Å². The molecule has 2 N–H and O–H groups in total. The van der Waals surface area contributed by atoms with Gasteiger partial charge in [-0.25, -0.2) is 0 Å². The number of nitrogens with zero attached hydrogens (tertiary/aromatic N) is 1. The van der Waals surface area contributed by atoms with Gasteiger partial charge in [-0.15, -0.1) is 0 Å². The van der Waals surface area contributed by atoms with Gasteiger partial charge < -0.3 is 19.9 Å². The fourth-order valence-corrected chi connectivity index (χ4v) is 1.99. The summed E-state index contributed by atoms with van der Waals surface area (Å²) < 4.78 is 9.96. The number of hydrogen-bond donors (Lipinski definition) is 2. The Kier molecular flexibility index (Phi) is 4.70. The molecule has 1 heterocycles. The van der Waals surface area contributed by atoms with Gasteiger partial charge in [0.15, 0.2) is 5.82 Å². The zero-order valence-electron chi connectivity index (χ0n) is 11.9. The molecule has 0 fully saturated rings. The number of aromatic nitrogens is 1. The minimum Gasteiger partial charge on any atom is -0.495 e. The Morgan fingerprint density at radius 3 is 2.76 bits per heavy atom. The standard InChI is InChI=1S/C14H16ClN3O3/c1-8-6-13(18-21-8)17-14(19)9(2)16-10-4-5-12(20-3)11(15)7-10/h4-7,9,16H,1-3H3,(H,17,18,19)/t9-/m0/s1. The maximum Gasteiger partial charge on any atom is 0.247 e. The van der Waals surface area contributed by atoms with Crippen LogP contribution in [0.4, 0.5) is 11.5 Å². The van der Waals surface area contributed by atoms with E-state index in [4.69, 9.17) is 20.9 Å². The van der Waals surface area contributed by atoms with E-state index in [2.05, 4.69) is 15.8 Å². The summed E-state index contributed by atoms with van der Waals surface area (Å²) in [6.07, 6.45) is 0. The molecule has 0 radical (unpaired) electrons. The highest BCUT2D eigenvalue weighted by atomic mass is 35.5. The number of anilines is 2. The summed E-state index contributed by atoms with van der Waals surface area (Å²) in [6.45, 7) is 3.49. The minimum absolute atomic E-state index is 0.227. The van der Waals surface area contributed by atoms with E-state index in [0.29, 0.717) is 22.4 Å². The second-order valence-corrected chi connectivity index (χ2v) is 4.93. The molecule has 0 spiro atoms. The maximum absolute atomic E-state index is 12.0.